The van der Waals surface area contributed by atoms with E-state index in [4.69, 9.17) is 25.2 Å². The van der Waals surface area contributed by atoms with Gasteiger partial charge in [-0.05, 0) is 28.1 Å². The molecule has 0 fully saturated rings. The van der Waals surface area contributed by atoms with Gasteiger partial charge in [-0.2, -0.15) is 10.5 Å². The number of methoxy groups -OCH3 is 3. The van der Waals surface area contributed by atoms with Crippen LogP contribution in [0.2, 0.25) is 0 Å². The van der Waals surface area contributed by atoms with Crippen LogP contribution < -0.4 is 19.9 Å². The van der Waals surface area contributed by atoms with Crippen LogP contribution in [0.5, 0.6) is 17.2 Å². The van der Waals surface area contributed by atoms with Gasteiger partial charge in [0.15, 0.2) is 11.5 Å². The Labute approximate surface area is 147 Å². The highest BCUT2D eigenvalue weighted by molar-refractivity contribution is 9.10. The Balaban J connectivity index is 2.83. The van der Waals surface area contributed by atoms with Gasteiger partial charge in [-0.15, -0.1) is 0 Å². The maximum absolute atomic E-state index is 9.44. The summed E-state index contributed by atoms with van der Waals surface area (Å²) >= 11 is 3.21. The van der Waals surface area contributed by atoms with Crippen LogP contribution in [0.4, 0.5) is 5.69 Å². The number of nitrogens with zero attached hydrogens (tertiary/aromatic N) is 3. The van der Waals surface area contributed by atoms with Gasteiger partial charge >= 0.3 is 0 Å². The molecular weight excluding hydrogens is 376 g/mol. The summed E-state index contributed by atoms with van der Waals surface area (Å²) in [5.74, 6) is 1.25. The van der Waals surface area contributed by atoms with Gasteiger partial charge in [-0.1, -0.05) is 0 Å². The van der Waals surface area contributed by atoms with E-state index in [9.17, 15) is 5.26 Å². The average Bonchev–Trinajstić information content (AvgIpc) is 2.60. The lowest BCUT2D eigenvalue weighted by molar-refractivity contribution is 0.324. The smallest absolute Gasteiger partial charge is 0.203 e. The van der Waals surface area contributed by atoms with Gasteiger partial charge in [0, 0.05) is 5.56 Å². The minimum absolute atomic E-state index is 0.0608. The van der Waals surface area contributed by atoms with Crippen LogP contribution in [0.3, 0.4) is 0 Å². The molecule has 0 amide bonds. The quantitative estimate of drug-likeness (QED) is 0.800. The van der Waals surface area contributed by atoms with Crippen molar-refractivity contribution < 1.29 is 14.2 Å². The fraction of sp³-hybridized carbons (Fsp3) is 0.188. The number of ether oxygens (including phenoxy) is 3. The third kappa shape index (κ3) is 2.80. The first-order valence-corrected chi connectivity index (χ1v) is 7.41. The Bertz CT molecular complexity index is 859. The molecule has 8 heteroatoms. The lowest BCUT2D eigenvalue weighted by atomic mass is 10.0. The second-order valence-electron chi connectivity index (χ2n) is 4.55. The van der Waals surface area contributed by atoms with E-state index < -0.39 is 0 Å². The molecule has 24 heavy (non-hydrogen) atoms. The van der Waals surface area contributed by atoms with Crippen LogP contribution in [0.15, 0.2) is 16.7 Å². The largest absolute Gasteiger partial charge is 0.493 e. The predicted octanol–water partition coefficient (Wildman–Crippen LogP) is 2.86. The molecule has 0 radical (unpaired) electrons. The molecule has 0 saturated heterocycles. The molecular formula is C16H13BrN4O3. The number of nitrogen functional groups attached to an aromatic ring is 1. The monoisotopic (exact) mass is 388 g/mol. The molecule has 0 saturated carbocycles. The Kier molecular flexibility index (Phi) is 5.12. The van der Waals surface area contributed by atoms with Gasteiger partial charge in [0.05, 0.1) is 32.7 Å². The predicted molar refractivity (Wildman–Crippen MR) is 90.9 cm³/mol. The molecule has 1 aromatic carbocycles. The Morgan fingerprint density at radius 2 is 1.54 bits per heavy atom. The van der Waals surface area contributed by atoms with Crippen molar-refractivity contribution in [2.75, 3.05) is 27.1 Å². The van der Waals surface area contributed by atoms with Crippen molar-refractivity contribution in [1.82, 2.24) is 4.98 Å². The lowest BCUT2D eigenvalue weighted by Gasteiger charge is -2.15. The number of anilines is 1. The normalized spacial score (nSPS) is 9.75. The molecule has 1 heterocycles. The van der Waals surface area contributed by atoms with Crippen LogP contribution in [0.25, 0.3) is 11.3 Å². The van der Waals surface area contributed by atoms with E-state index in [1.165, 1.54) is 21.3 Å². The summed E-state index contributed by atoms with van der Waals surface area (Å²) in [4.78, 5) is 4.29. The zero-order valence-corrected chi connectivity index (χ0v) is 14.8. The van der Waals surface area contributed by atoms with Crippen LogP contribution in [-0.2, 0) is 0 Å². The number of halogens is 1. The standard InChI is InChI=1S/C16H13BrN4O3/c1-22-11-4-8(5-12(23-2)15(11)24-3)14-9(6-18)13(20)10(7-19)16(17)21-14/h4-5H,1-3H3,(H2,20,21). The first-order valence-electron chi connectivity index (χ1n) is 6.61. The number of rotatable bonds is 4. The van der Waals surface area contributed by atoms with Gasteiger partial charge in [0.1, 0.15) is 27.9 Å². The first-order chi connectivity index (χ1) is 11.5. The number of nitrogens with two attached hydrogens (primary N) is 1. The third-order valence-corrected chi connectivity index (χ3v) is 3.93. The summed E-state index contributed by atoms with van der Waals surface area (Å²) in [5, 5.41) is 18.6. The molecule has 0 aliphatic carbocycles. The average molecular weight is 389 g/mol. The summed E-state index contributed by atoms with van der Waals surface area (Å²) in [5.41, 5.74) is 7.06. The molecule has 7 nitrogen and oxygen atoms in total. The van der Waals surface area contributed by atoms with Crippen LogP contribution in [0.1, 0.15) is 11.1 Å². The third-order valence-electron chi connectivity index (χ3n) is 3.35. The highest BCUT2D eigenvalue weighted by atomic mass is 79.9. The molecule has 0 bridgehead atoms. The molecule has 2 rings (SSSR count). The van der Waals surface area contributed by atoms with Crippen LogP contribution in [0, 0.1) is 22.7 Å². The zero-order chi connectivity index (χ0) is 17.9. The highest BCUT2D eigenvalue weighted by Crippen LogP contribution is 2.42. The van der Waals surface area contributed by atoms with Crippen LogP contribution in [-0.4, -0.2) is 26.3 Å². The maximum atomic E-state index is 9.44. The second-order valence-corrected chi connectivity index (χ2v) is 5.30. The molecule has 2 aromatic rings. The summed E-state index contributed by atoms with van der Waals surface area (Å²) in [7, 11) is 4.47. The Hall–Kier alpha value is -2.97. The molecule has 0 unspecified atom stereocenters. The van der Waals surface area contributed by atoms with Crippen molar-refractivity contribution in [2.24, 2.45) is 0 Å². The Morgan fingerprint density at radius 3 is 1.96 bits per heavy atom. The molecule has 122 valence electrons. The molecule has 1 aromatic heterocycles. The van der Waals surface area contributed by atoms with E-state index >= 15 is 0 Å². The first kappa shape index (κ1) is 17.4. The molecule has 0 aliphatic heterocycles. The van der Waals surface area contributed by atoms with Crippen molar-refractivity contribution in [1.29, 1.82) is 10.5 Å². The minimum atomic E-state index is 0.0608. The summed E-state index contributed by atoms with van der Waals surface area (Å²) in [6.45, 7) is 0. The van der Waals surface area contributed by atoms with Crippen molar-refractivity contribution in [3.63, 3.8) is 0 Å². The minimum Gasteiger partial charge on any atom is -0.493 e. The topological polar surface area (TPSA) is 114 Å². The van der Waals surface area contributed by atoms with E-state index in [0.29, 0.717) is 28.5 Å². The number of hydrogen-bond donors (Lipinski definition) is 1. The lowest BCUT2D eigenvalue weighted by Crippen LogP contribution is -2.03. The molecule has 0 aliphatic rings. The number of aromatic nitrogens is 1. The Morgan fingerprint density at radius 1 is 1.00 bits per heavy atom. The van der Waals surface area contributed by atoms with Crippen molar-refractivity contribution in [2.45, 2.75) is 0 Å². The van der Waals surface area contributed by atoms with Crippen LogP contribution >= 0.6 is 15.9 Å². The summed E-state index contributed by atoms with van der Waals surface area (Å²) in [6, 6.07) is 7.23. The highest BCUT2D eigenvalue weighted by Gasteiger charge is 2.21. The fourth-order valence-electron chi connectivity index (χ4n) is 2.22. The van der Waals surface area contributed by atoms with Gasteiger partial charge in [0.2, 0.25) is 5.75 Å². The maximum Gasteiger partial charge on any atom is 0.203 e. The SMILES string of the molecule is COc1cc(-c2nc(Br)c(C#N)c(N)c2C#N)cc(OC)c1OC. The summed E-state index contributed by atoms with van der Waals surface area (Å²) < 4.78 is 16.1. The number of nitriles is 2. The number of hydrogen-bond acceptors (Lipinski definition) is 7. The van der Waals surface area contributed by atoms with E-state index in [-0.39, 0.29) is 21.4 Å². The van der Waals surface area contributed by atoms with Gasteiger partial charge in [-0.25, -0.2) is 4.98 Å². The van der Waals surface area contributed by atoms with E-state index in [2.05, 4.69) is 20.9 Å². The number of pyridine rings is 1. The number of benzene rings is 1. The van der Waals surface area contributed by atoms with E-state index in [1.807, 2.05) is 12.1 Å². The second kappa shape index (κ2) is 7.07. The van der Waals surface area contributed by atoms with E-state index in [1.54, 1.807) is 12.1 Å². The van der Waals surface area contributed by atoms with Gasteiger partial charge in [-0.3, -0.25) is 0 Å². The zero-order valence-electron chi connectivity index (χ0n) is 13.2. The molecule has 0 atom stereocenters. The van der Waals surface area contributed by atoms with E-state index in [0.717, 1.165) is 0 Å². The van der Waals surface area contributed by atoms with Gasteiger partial charge < -0.3 is 19.9 Å². The van der Waals surface area contributed by atoms with Crippen molar-refractivity contribution >= 4 is 21.6 Å². The summed E-state index contributed by atoms with van der Waals surface area (Å²) in [6.07, 6.45) is 0. The van der Waals surface area contributed by atoms with Gasteiger partial charge in [0.25, 0.3) is 0 Å². The molecule has 0 spiro atoms. The fourth-order valence-corrected chi connectivity index (χ4v) is 2.70. The molecule has 2 N–H and O–H groups in total. The van der Waals surface area contributed by atoms with Crippen molar-refractivity contribution in [3.05, 3.63) is 27.9 Å². The van der Waals surface area contributed by atoms with Crippen molar-refractivity contribution in [3.8, 4) is 40.6 Å².